The Kier molecular flexibility index (Phi) is 4.48. The number of hydrogen-bond acceptors (Lipinski definition) is 3. The lowest BCUT2D eigenvalue weighted by Gasteiger charge is -2.35. The third-order valence-corrected chi connectivity index (χ3v) is 4.12. The zero-order valence-electron chi connectivity index (χ0n) is 11.5. The number of benzene rings is 1. The van der Waals surface area contributed by atoms with Crippen molar-refractivity contribution in [2.24, 2.45) is 5.41 Å². The Morgan fingerprint density at radius 2 is 1.89 bits per heavy atom. The van der Waals surface area contributed by atoms with Gasteiger partial charge in [-0.3, -0.25) is 4.79 Å². The van der Waals surface area contributed by atoms with E-state index in [1.165, 1.54) is 0 Å². The van der Waals surface area contributed by atoms with Crippen molar-refractivity contribution >= 4 is 17.6 Å². The number of esters is 1. The first kappa shape index (κ1) is 14.4. The molecule has 19 heavy (non-hydrogen) atoms. The molecule has 0 N–H and O–H groups in total. The monoisotopic (exact) mass is 281 g/mol. The summed E-state index contributed by atoms with van der Waals surface area (Å²) in [6.07, 6.45) is 1.73. The van der Waals surface area contributed by atoms with Gasteiger partial charge in [0.15, 0.2) is 0 Å². The molecule has 1 aliphatic heterocycles. The van der Waals surface area contributed by atoms with Gasteiger partial charge in [-0.05, 0) is 57.6 Å². The zero-order chi connectivity index (χ0) is 13.9. The third-order valence-electron chi connectivity index (χ3n) is 3.87. The van der Waals surface area contributed by atoms with Gasteiger partial charge in [0.1, 0.15) is 6.61 Å². The molecule has 1 aliphatic rings. The molecule has 0 aliphatic carbocycles. The Hall–Kier alpha value is -1.06. The second-order valence-corrected chi connectivity index (χ2v) is 6.00. The van der Waals surface area contributed by atoms with E-state index in [1.54, 1.807) is 0 Å². The molecule has 104 valence electrons. The third kappa shape index (κ3) is 3.71. The first-order valence-corrected chi connectivity index (χ1v) is 6.98. The fourth-order valence-corrected chi connectivity index (χ4v) is 2.35. The average Bonchev–Trinajstić information content (AvgIpc) is 2.41. The molecule has 1 saturated heterocycles. The van der Waals surface area contributed by atoms with Crippen LogP contribution in [-0.2, 0) is 16.1 Å². The van der Waals surface area contributed by atoms with Crippen LogP contribution in [0.1, 0.15) is 25.3 Å². The minimum Gasteiger partial charge on any atom is -0.460 e. The molecule has 0 radical (unpaired) electrons. The lowest BCUT2D eigenvalue weighted by molar-refractivity contribution is -0.159. The van der Waals surface area contributed by atoms with Crippen LogP contribution in [0.3, 0.4) is 0 Å². The maximum Gasteiger partial charge on any atom is 0.312 e. The summed E-state index contributed by atoms with van der Waals surface area (Å²) in [4.78, 5) is 14.4. The van der Waals surface area contributed by atoms with Crippen molar-refractivity contribution in [3.8, 4) is 0 Å². The molecule has 1 fully saturated rings. The van der Waals surface area contributed by atoms with E-state index in [2.05, 4.69) is 11.9 Å². The normalized spacial score (nSPS) is 19.1. The van der Waals surface area contributed by atoms with Crippen LogP contribution in [0.15, 0.2) is 24.3 Å². The highest BCUT2D eigenvalue weighted by Gasteiger charge is 2.37. The Balaban J connectivity index is 1.88. The van der Waals surface area contributed by atoms with Crippen LogP contribution in [-0.4, -0.2) is 31.0 Å². The van der Waals surface area contributed by atoms with Gasteiger partial charge in [-0.2, -0.15) is 0 Å². The molecule has 1 heterocycles. The van der Waals surface area contributed by atoms with Crippen LogP contribution in [0.25, 0.3) is 0 Å². The predicted molar refractivity (Wildman–Crippen MR) is 76.1 cm³/mol. The molecule has 2 rings (SSSR count). The van der Waals surface area contributed by atoms with E-state index < -0.39 is 0 Å². The molecule has 0 atom stereocenters. The first-order valence-electron chi connectivity index (χ1n) is 6.60. The summed E-state index contributed by atoms with van der Waals surface area (Å²) in [7, 11) is 2.08. The largest absolute Gasteiger partial charge is 0.460 e. The number of piperidine rings is 1. The topological polar surface area (TPSA) is 29.5 Å². The van der Waals surface area contributed by atoms with E-state index in [0.717, 1.165) is 31.5 Å². The highest BCUT2D eigenvalue weighted by molar-refractivity contribution is 6.30. The van der Waals surface area contributed by atoms with E-state index in [0.29, 0.717) is 11.6 Å². The fraction of sp³-hybridized carbons (Fsp3) is 0.533. The minimum absolute atomic E-state index is 0.0875. The van der Waals surface area contributed by atoms with Gasteiger partial charge in [-0.1, -0.05) is 23.7 Å². The summed E-state index contributed by atoms with van der Waals surface area (Å²) in [5, 5.41) is 0.692. The summed E-state index contributed by atoms with van der Waals surface area (Å²) in [5.41, 5.74) is 0.633. The smallest absolute Gasteiger partial charge is 0.312 e. The van der Waals surface area contributed by atoms with Gasteiger partial charge in [-0.15, -0.1) is 0 Å². The van der Waals surface area contributed by atoms with Crippen LogP contribution in [0.5, 0.6) is 0 Å². The summed E-state index contributed by atoms with van der Waals surface area (Å²) < 4.78 is 5.45. The van der Waals surface area contributed by atoms with E-state index >= 15 is 0 Å². The maximum absolute atomic E-state index is 12.2. The maximum atomic E-state index is 12.2. The second-order valence-electron chi connectivity index (χ2n) is 5.57. The van der Waals surface area contributed by atoms with Crippen molar-refractivity contribution in [3.05, 3.63) is 34.9 Å². The summed E-state index contributed by atoms with van der Waals surface area (Å²) in [6.45, 7) is 4.23. The van der Waals surface area contributed by atoms with Crippen LogP contribution in [0.2, 0.25) is 5.02 Å². The molecule has 0 bridgehead atoms. The number of carbonyl (C=O) groups excluding carboxylic acids is 1. The van der Waals surface area contributed by atoms with Crippen molar-refractivity contribution < 1.29 is 9.53 Å². The number of carbonyl (C=O) groups is 1. The Morgan fingerprint density at radius 1 is 1.32 bits per heavy atom. The van der Waals surface area contributed by atoms with Crippen molar-refractivity contribution in [3.63, 3.8) is 0 Å². The molecule has 1 aromatic carbocycles. The molecule has 1 aromatic rings. The van der Waals surface area contributed by atoms with E-state index in [4.69, 9.17) is 16.3 Å². The van der Waals surface area contributed by atoms with Crippen molar-refractivity contribution in [1.29, 1.82) is 0 Å². The number of rotatable bonds is 3. The highest BCUT2D eigenvalue weighted by atomic mass is 35.5. The van der Waals surface area contributed by atoms with Crippen LogP contribution < -0.4 is 0 Å². The average molecular weight is 282 g/mol. The minimum atomic E-state index is -0.334. The quantitative estimate of drug-likeness (QED) is 0.798. The number of likely N-dealkylation sites (tertiary alicyclic amines) is 1. The van der Waals surface area contributed by atoms with E-state index in [-0.39, 0.29) is 11.4 Å². The molecule has 0 unspecified atom stereocenters. The van der Waals surface area contributed by atoms with Crippen molar-refractivity contribution in [1.82, 2.24) is 4.90 Å². The van der Waals surface area contributed by atoms with Gasteiger partial charge in [-0.25, -0.2) is 0 Å². The Bertz CT molecular complexity index is 436. The lowest BCUT2D eigenvalue weighted by Crippen LogP contribution is -2.41. The van der Waals surface area contributed by atoms with Crippen molar-refractivity contribution in [2.75, 3.05) is 20.1 Å². The van der Waals surface area contributed by atoms with Gasteiger partial charge in [0.05, 0.1) is 5.41 Å². The van der Waals surface area contributed by atoms with Gasteiger partial charge in [0, 0.05) is 5.02 Å². The first-order chi connectivity index (χ1) is 8.99. The van der Waals surface area contributed by atoms with Crippen LogP contribution in [0, 0.1) is 5.41 Å². The lowest BCUT2D eigenvalue weighted by atomic mass is 9.80. The molecule has 0 amide bonds. The van der Waals surface area contributed by atoms with Crippen LogP contribution in [0.4, 0.5) is 0 Å². The molecule has 0 spiro atoms. The second kappa shape index (κ2) is 5.93. The number of nitrogens with zero attached hydrogens (tertiary/aromatic N) is 1. The Morgan fingerprint density at radius 3 is 2.47 bits per heavy atom. The molecule has 4 heteroatoms. The molecule has 3 nitrogen and oxygen atoms in total. The zero-order valence-corrected chi connectivity index (χ0v) is 12.2. The van der Waals surface area contributed by atoms with Gasteiger partial charge < -0.3 is 9.64 Å². The number of halogens is 1. The molecular weight excluding hydrogens is 262 g/mol. The molecular formula is C15H20ClNO2. The van der Waals surface area contributed by atoms with Crippen LogP contribution >= 0.6 is 11.6 Å². The Labute approximate surface area is 119 Å². The van der Waals surface area contributed by atoms with Gasteiger partial charge in [0.25, 0.3) is 0 Å². The highest BCUT2D eigenvalue weighted by Crippen LogP contribution is 2.32. The van der Waals surface area contributed by atoms with E-state index in [1.807, 2.05) is 31.2 Å². The number of hydrogen-bond donors (Lipinski definition) is 0. The SMILES string of the molecule is CN1CCC(C)(C(=O)OCc2ccc(Cl)cc2)CC1. The summed E-state index contributed by atoms with van der Waals surface area (Å²) >= 11 is 5.82. The standard InChI is InChI=1S/C15H20ClNO2/c1-15(7-9-17(2)10-8-15)14(18)19-11-12-3-5-13(16)6-4-12/h3-6H,7-11H2,1-2H3. The molecule has 0 aromatic heterocycles. The predicted octanol–water partition coefficient (Wildman–Crippen LogP) is 3.12. The number of ether oxygens (including phenoxy) is 1. The fourth-order valence-electron chi connectivity index (χ4n) is 2.22. The molecule has 0 saturated carbocycles. The van der Waals surface area contributed by atoms with Crippen molar-refractivity contribution in [2.45, 2.75) is 26.4 Å². The van der Waals surface area contributed by atoms with E-state index in [9.17, 15) is 4.79 Å². The summed E-state index contributed by atoms with van der Waals surface area (Å²) in [6, 6.07) is 7.38. The van der Waals surface area contributed by atoms with Gasteiger partial charge >= 0.3 is 5.97 Å². The van der Waals surface area contributed by atoms with Gasteiger partial charge in [0.2, 0.25) is 0 Å². The summed E-state index contributed by atoms with van der Waals surface area (Å²) in [5.74, 6) is -0.0875.